The number of methoxy groups -OCH3 is 1. The highest BCUT2D eigenvalue weighted by Gasteiger charge is 2.26. The van der Waals surface area contributed by atoms with E-state index in [1.807, 2.05) is 53.6 Å². The smallest absolute Gasteiger partial charge is 0.273 e. The third-order valence-corrected chi connectivity index (χ3v) is 5.55. The van der Waals surface area contributed by atoms with Crippen LogP contribution in [0.25, 0.3) is 0 Å². The zero-order valence-corrected chi connectivity index (χ0v) is 16.7. The van der Waals surface area contributed by atoms with Crippen LogP contribution in [-0.4, -0.2) is 35.5 Å². The number of benzene rings is 2. The number of hydrogen-bond donors (Lipinski definition) is 0. The fraction of sp³-hybridized carbons (Fsp3) is 0.273. The average molecular weight is 394 g/mol. The van der Waals surface area contributed by atoms with Gasteiger partial charge in [0.15, 0.2) is 0 Å². The molecule has 1 aliphatic heterocycles. The summed E-state index contributed by atoms with van der Waals surface area (Å²) in [5.74, 6) is 1.45. The molecule has 0 saturated heterocycles. The van der Waals surface area contributed by atoms with E-state index in [-0.39, 0.29) is 12.0 Å². The van der Waals surface area contributed by atoms with E-state index in [1.165, 1.54) is 16.9 Å². The second-order valence-corrected chi connectivity index (χ2v) is 7.82. The number of hydrogen-bond acceptors (Lipinski definition) is 5. The summed E-state index contributed by atoms with van der Waals surface area (Å²) in [6.07, 6.45) is 0.626. The summed E-state index contributed by atoms with van der Waals surface area (Å²) in [4.78, 5) is 19.5. The van der Waals surface area contributed by atoms with Crippen LogP contribution in [0.1, 0.15) is 33.5 Å². The topological polar surface area (TPSA) is 51.7 Å². The number of amides is 1. The van der Waals surface area contributed by atoms with Crippen LogP contribution in [0.3, 0.4) is 0 Å². The number of carbonyl (C=O) groups is 1. The number of rotatable bonds is 4. The van der Waals surface area contributed by atoms with E-state index in [0.29, 0.717) is 18.8 Å². The molecule has 0 spiro atoms. The van der Waals surface area contributed by atoms with Crippen LogP contribution in [0, 0.1) is 0 Å². The summed E-state index contributed by atoms with van der Waals surface area (Å²) in [6.45, 7) is 2.98. The van der Waals surface area contributed by atoms with Crippen molar-refractivity contribution in [3.8, 4) is 11.5 Å². The highest BCUT2D eigenvalue weighted by molar-refractivity contribution is 7.09. The van der Waals surface area contributed by atoms with Crippen molar-refractivity contribution in [2.45, 2.75) is 26.0 Å². The zero-order valence-electron chi connectivity index (χ0n) is 15.9. The maximum Gasteiger partial charge on any atom is 0.273 e. The number of fused-ring (bicyclic) bond motifs is 1. The van der Waals surface area contributed by atoms with Gasteiger partial charge in [-0.3, -0.25) is 4.79 Å². The number of ether oxygens (including phenoxy) is 2. The van der Waals surface area contributed by atoms with E-state index >= 15 is 0 Å². The number of aromatic nitrogens is 1. The van der Waals surface area contributed by atoms with Gasteiger partial charge < -0.3 is 14.4 Å². The molecule has 0 saturated carbocycles. The molecule has 2 aromatic carbocycles. The summed E-state index contributed by atoms with van der Waals surface area (Å²) in [5, 5.41) is 2.80. The quantitative estimate of drug-likeness (QED) is 0.667. The van der Waals surface area contributed by atoms with Crippen molar-refractivity contribution in [3.63, 3.8) is 0 Å². The van der Waals surface area contributed by atoms with Gasteiger partial charge in [0, 0.05) is 30.0 Å². The third-order valence-electron chi connectivity index (χ3n) is 4.70. The Bertz CT molecular complexity index is 971. The Morgan fingerprint density at radius 1 is 1.29 bits per heavy atom. The molecule has 1 aromatic heterocycles. The molecule has 0 unspecified atom stereocenters. The lowest BCUT2D eigenvalue weighted by Gasteiger charge is -2.21. The maximum absolute atomic E-state index is 13.1. The lowest BCUT2D eigenvalue weighted by molar-refractivity contribution is 0.0685. The number of nitrogens with zero attached hydrogens (tertiary/aromatic N) is 2. The van der Waals surface area contributed by atoms with Crippen LogP contribution < -0.4 is 9.47 Å². The van der Waals surface area contributed by atoms with Crippen LogP contribution in [0.4, 0.5) is 0 Å². The molecule has 28 heavy (non-hydrogen) atoms. The second-order valence-electron chi connectivity index (χ2n) is 6.88. The van der Waals surface area contributed by atoms with Gasteiger partial charge >= 0.3 is 0 Å². The van der Waals surface area contributed by atoms with Gasteiger partial charge in [-0.1, -0.05) is 30.3 Å². The Balaban J connectivity index is 1.52. The normalized spacial score (nSPS) is 16.1. The molecule has 0 aliphatic carbocycles. The first-order chi connectivity index (χ1) is 13.6. The fourth-order valence-corrected chi connectivity index (χ4v) is 4.12. The Hall–Kier alpha value is -2.86. The van der Waals surface area contributed by atoms with E-state index < -0.39 is 0 Å². The summed E-state index contributed by atoms with van der Waals surface area (Å²) >= 11 is 1.53. The largest absolute Gasteiger partial charge is 0.497 e. The Morgan fingerprint density at radius 2 is 2.11 bits per heavy atom. The van der Waals surface area contributed by atoms with Crippen LogP contribution in [0.5, 0.6) is 11.5 Å². The van der Waals surface area contributed by atoms with Gasteiger partial charge in [-0.25, -0.2) is 4.98 Å². The molecule has 3 aromatic rings. The molecule has 6 heteroatoms. The lowest BCUT2D eigenvalue weighted by Crippen LogP contribution is -2.36. The minimum atomic E-state index is -0.111. The summed E-state index contributed by atoms with van der Waals surface area (Å²) in [7, 11) is 1.63. The van der Waals surface area contributed by atoms with E-state index in [4.69, 9.17) is 9.47 Å². The fourth-order valence-electron chi connectivity index (χ4n) is 3.31. The van der Waals surface area contributed by atoms with Crippen LogP contribution in [0.15, 0.2) is 53.9 Å². The van der Waals surface area contributed by atoms with Gasteiger partial charge in [-0.2, -0.15) is 0 Å². The lowest BCUT2D eigenvalue weighted by atomic mass is 10.1. The van der Waals surface area contributed by atoms with Crippen molar-refractivity contribution in [3.05, 3.63) is 75.7 Å². The first kappa shape index (κ1) is 18.5. The van der Waals surface area contributed by atoms with Crippen LogP contribution in [0.2, 0.25) is 0 Å². The molecule has 1 amide bonds. The van der Waals surface area contributed by atoms with E-state index in [9.17, 15) is 4.79 Å². The molecular weight excluding hydrogens is 372 g/mol. The predicted octanol–water partition coefficient (Wildman–Crippen LogP) is 4.17. The molecule has 1 atom stereocenters. The van der Waals surface area contributed by atoms with Crippen molar-refractivity contribution < 1.29 is 14.3 Å². The predicted molar refractivity (Wildman–Crippen MR) is 109 cm³/mol. The van der Waals surface area contributed by atoms with Gasteiger partial charge in [0.1, 0.15) is 23.3 Å². The van der Waals surface area contributed by atoms with E-state index in [0.717, 1.165) is 28.5 Å². The summed E-state index contributed by atoms with van der Waals surface area (Å²) in [5.41, 5.74) is 2.66. The number of thiazole rings is 1. The van der Waals surface area contributed by atoms with Crippen LogP contribution in [-0.2, 0) is 13.0 Å². The highest BCUT2D eigenvalue weighted by Crippen LogP contribution is 2.30. The van der Waals surface area contributed by atoms with Gasteiger partial charge in [-0.15, -0.1) is 11.3 Å². The second kappa shape index (κ2) is 8.02. The SMILES string of the molecule is COc1ccc2c(c1)O[C@@H](C)CN(C(=O)c1csc(Cc3ccccc3)n1)C2. The first-order valence-electron chi connectivity index (χ1n) is 9.23. The molecule has 0 bridgehead atoms. The van der Waals surface area contributed by atoms with Gasteiger partial charge in [0.25, 0.3) is 5.91 Å². The van der Waals surface area contributed by atoms with Gasteiger partial charge in [0.2, 0.25) is 0 Å². The molecular formula is C22H22N2O3S. The van der Waals surface area contributed by atoms with Crippen molar-refractivity contribution in [1.29, 1.82) is 0 Å². The first-order valence-corrected chi connectivity index (χ1v) is 10.1. The Labute approximate surface area is 168 Å². The molecule has 2 heterocycles. The minimum absolute atomic E-state index is 0.0605. The van der Waals surface area contributed by atoms with Gasteiger partial charge in [0.05, 0.1) is 18.7 Å². The van der Waals surface area contributed by atoms with Gasteiger partial charge in [-0.05, 0) is 24.6 Å². The molecule has 4 rings (SSSR count). The van der Waals surface area contributed by atoms with E-state index in [2.05, 4.69) is 17.1 Å². The zero-order chi connectivity index (χ0) is 19.5. The van der Waals surface area contributed by atoms with E-state index in [1.54, 1.807) is 7.11 Å². The number of carbonyl (C=O) groups excluding carboxylic acids is 1. The maximum atomic E-state index is 13.1. The highest BCUT2D eigenvalue weighted by atomic mass is 32.1. The standard InChI is InChI=1S/C22H22N2O3S/c1-15-12-24(13-17-8-9-18(26-2)11-20(17)27-15)22(25)19-14-28-21(23-19)10-16-6-4-3-5-7-16/h3-9,11,14-15H,10,12-13H2,1-2H3/t15-/m0/s1. The van der Waals surface area contributed by atoms with Crippen LogP contribution >= 0.6 is 11.3 Å². The third kappa shape index (κ3) is 4.02. The van der Waals surface area contributed by atoms with Crippen molar-refractivity contribution in [1.82, 2.24) is 9.88 Å². The molecule has 1 aliphatic rings. The van der Waals surface area contributed by atoms with Crippen molar-refractivity contribution in [2.75, 3.05) is 13.7 Å². The molecule has 0 radical (unpaired) electrons. The molecule has 0 fully saturated rings. The molecule has 144 valence electrons. The monoisotopic (exact) mass is 394 g/mol. The molecule has 5 nitrogen and oxygen atoms in total. The molecule has 0 N–H and O–H groups in total. The minimum Gasteiger partial charge on any atom is -0.497 e. The summed E-state index contributed by atoms with van der Waals surface area (Å²) in [6, 6.07) is 15.9. The van der Waals surface area contributed by atoms with Crippen molar-refractivity contribution in [2.24, 2.45) is 0 Å². The Kier molecular flexibility index (Phi) is 5.30. The summed E-state index contributed by atoms with van der Waals surface area (Å²) < 4.78 is 11.3. The average Bonchev–Trinajstić information content (AvgIpc) is 3.09. The Morgan fingerprint density at radius 3 is 2.89 bits per heavy atom. The van der Waals surface area contributed by atoms with Crippen molar-refractivity contribution >= 4 is 17.2 Å².